The number of fused-ring (bicyclic) bond motifs is 3. The predicted octanol–water partition coefficient (Wildman–Crippen LogP) is 3.73. The number of thioether (sulfide) groups is 1. The molecule has 3 rings (SSSR count). The Morgan fingerprint density at radius 2 is 1.65 bits per heavy atom. The topological polar surface area (TPSA) is 95.9 Å². The number of halogens is 3. The summed E-state index contributed by atoms with van der Waals surface area (Å²) in [6.45, 7) is -1.37. The number of nitrogens with zero attached hydrogens (tertiary/aromatic N) is 1. The van der Waals surface area contributed by atoms with Gasteiger partial charge in [0.1, 0.15) is 13.2 Å². The summed E-state index contributed by atoms with van der Waals surface area (Å²) in [5.41, 5.74) is 3.66. The van der Waals surface area contributed by atoms with Gasteiger partial charge in [0.25, 0.3) is 5.91 Å². The summed E-state index contributed by atoms with van der Waals surface area (Å²) in [5, 5.41) is 10.6. The van der Waals surface area contributed by atoms with Crippen molar-refractivity contribution >= 4 is 29.7 Å². The zero-order chi connectivity index (χ0) is 24.9. The monoisotopic (exact) mass is 496 g/mol. The quantitative estimate of drug-likeness (QED) is 0.549. The van der Waals surface area contributed by atoms with Crippen LogP contribution in [-0.4, -0.2) is 71.9 Å². The van der Waals surface area contributed by atoms with Gasteiger partial charge in [0.15, 0.2) is 0 Å². The van der Waals surface area contributed by atoms with Crippen molar-refractivity contribution in [3.05, 3.63) is 59.7 Å². The Bertz CT molecular complexity index is 1020. The molecule has 1 aliphatic carbocycles. The van der Waals surface area contributed by atoms with Crippen LogP contribution in [0.15, 0.2) is 48.5 Å². The minimum atomic E-state index is -5.14. The standard InChI is InChI=1S/C23H23F3N2O5S/c1-34-11-10-28(12-19(29)30)21(31)20(23(24,25)26)27-22(32)33-13-18-16-8-4-2-6-14(16)15-7-3-5-9-17(15)18/h2-9,18,20H,10-13H2,1H3,(H,27,32)(H,29,30). The summed E-state index contributed by atoms with van der Waals surface area (Å²) < 4.78 is 46.0. The molecule has 0 bridgehead atoms. The lowest BCUT2D eigenvalue weighted by atomic mass is 9.98. The molecule has 0 aliphatic heterocycles. The van der Waals surface area contributed by atoms with Crippen LogP contribution in [0.1, 0.15) is 17.0 Å². The van der Waals surface area contributed by atoms with Crippen LogP contribution in [0.25, 0.3) is 11.1 Å². The number of hydrogen-bond acceptors (Lipinski definition) is 5. The van der Waals surface area contributed by atoms with Gasteiger partial charge in [-0.25, -0.2) is 4.79 Å². The van der Waals surface area contributed by atoms with E-state index >= 15 is 0 Å². The van der Waals surface area contributed by atoms with Crippen LogP contribution in [0.4, 0.5) is 18.0 Å². The molecule has 2 N–H and O–H groups in total. The van der Waals surface area contributed by atoms with Crippen molar-refractivity contribution in [1.82, 2.24) is 10.2 Å². The highest BCUT2D eigenvalue weighted by Crippen LogP contribution is 2.44. The van der Waals surface area contributed by atoms with Crippen LogP contribution in [0.5, 0.6) is 0 Å². The molecular weight excluding hydrogens is 473 g/mol. The zero-order valence-corrected chi connectivity index (χ0v) is 19.0. The van der Waals surface area contributed by atoms with Crippen molar-refractivity contribution in [3.63, 3.8) is 0 Å². The van der Waals surface area contributed by atoms with Crippen LogP contribution in [0.3, 0.4) is 0 Å². The Labute approximate surface area is 198 Å². The fourth-order valence-corrected chi connectivity index (χ4v) is 4.26. The zero-order valence-electron chi connectivity index (χ0n) is 18.2. The third kappa shape index (κ3) is 5.82. The third-order valence-electron chi connectivity index (χ3n) is 5.38. The summed E-state index contributed by atoms with van der Waals surface area (Å²) in [7, 11) is 0. The number of carbonyl (C=O) groups is 3. The highest BCUT2D eigenvalue weighted by Gasteiger charge is 2.48. The van der Waals surface area contributed by atoms with Gasteiger partial charge in [-0.1, -0.05) is 48.5 Å². The molecule has 182 valence electrons. The minimum Gasteiger partial charge on any atom is -0.480 e. The van der Waals surface area contributed by atoms with Gasteiger partial charge in [0.05, 0.1) is 0 Å². The van der Waals surface area contributed by atoms with Crippen molar-refractivity contribution in [1.29, 1.82) is 0 Å². The van der Waals surface area contributed by atoms with E-state index in [-0.39, 0.29) is 24.8 Å². The van der Waals surface area contributed by atoms with Gasteiger partial charge in [0, 0.05) is 18.2 Å². The number of alkyl halides is 3. The average molecular weight is 497 g/mol. The summed E-state index contributed by atoms with van der Waals surface area (Å²) in [5.74, 6) is -3.16. The Morgan fingerprint density at radius 1 is 1.09 bits per heavy atom. The number of amides is 2. The molecule has 2 amide bonds. The van der Waals surface area contributed by atoms with Gasteiger partial charge >= 0.3 is 18.2 Å². The van der Waals surface area contributed by atoms with Gasteiger partial charge in [-0.05, 0) is 28.5 Å². The van der Waals surface area contributed by atoms with Crippen molar-refractivity contribution in [2.45, 2.75) is 18.1 Å². The van der Waals surface area contributed by atoms with Crippen LogP contribution >= 0.6 is 11.8 Å². The second-order valence-corrected chi connectivity index (χ2v) is 8.58. The Hall–Kier alpha value is -3.21. The van der Waals surface area contributed by atoms with Gasteiger partial charge in [0.2, 0.25) is 6.04 Å². The van der Waals surface area contributed by atoms with Gasteiger partial charge in [-0.2, -0.15) is 24.9 Å². The van der Waals surface area contributed by atoms with E-state index in [0.717, 1.165) is 22.3 Å². The number of alkyl carbamates (subject to hydrolysis) is 1. The van der Waals surface area contributed by atoms with Crippen molar-refractivity contribution in [3.8, 4) is 11.1 Å². The van der Waals surface area contributed by atoms with E-state index in [2.05, 4.69) is 0 Å². The molecule has 1 aliphatic rings. The molecular formula is C23H23F3N2O5S. The number of hydrogen-bond donors (Lipinski definition) is 2. The van der Waals surface area contributed by atoms with Gasteiger partial charge in [-0.15, -0.1) is 0 Å². The maximum absolute atomic E-state index is 13.6. The molecule has 0 aromatic heterocycles. The smallest absolute Gasteiger partial charge is 0.417 e. The number of aliphatic carboxylic acids is 1. The maximum atomic E-state index is 13.6. The lowest BCUT2D eigenvalue weighted by Crippen LogP contribution is -2.57. The highest BCUT2D eigenvalue weighted by molar-refractivity contribution is 7.98. The summed E-state index contributed by atoms with van der Waals surface area (Å²) in [6.07, 6.45) is -4.89. The lowest BCUT2D eigenvalue weighted by Gasteiger charge is -2.27. The molecule has 11 heteroatoms. The van der Waals surface area contributed by atoms with Gasteiger partial charge in [-0.3, -0.25) is 9.59 Å². The number of carbonyl (C=O) groups excluding carboxylic acids is 2. The van der Waals surface area contributed by atoms with E-state index in [1.165, 1.54) is 11.8 Å². The first kappa shape index (κ1) is 25.4. The number of nitrogens with one attached hydrogen (secondary N) is 1. The van der Waals surface area contributed by atoms with E-state index < -0.39 is 36.7 Å². The fraction of sp³-hybridized carbons (Fsp3) is 0.348. The summed E-state index contributed by atoms with van der Waals surface area (Å²) in [4.78, 5) is 36.4. The molecule has 0 fully saturated rings. The Kier molecular flexibility index (Phi) is 8.08. The second kappa shape index (κ2) is 10.8. The van der Waals surface area contributed by atoms with E-state index in [4.69, 9.17) is 9.84 Å². The van der Waals surface area contributed by atoms with Crippen molar-refractivity contribution in [2.24, 2.45) is 0 Å². The molecule has 1 unspecified atom stereocenters. The highest BCUT2D eigenvalue weighted by atomic mass is 32.2. The third-order valence-corrected chi connectivity index (χ3v) is 5.97. The number of carboxylic acid groups (broad SMARTS) is 1. The molecule has 2 aromatic carbocycles. The Balaban J connectivity index is 1.72. The van der Waals surface area contributed by atoms with Crippen LogP contribution < -0.4 is 5.32 Å². The summed E-state index contributed by atoms with van der Waals surface area (Å²) >= 11 is 1.24. The van der Waals surface area contributed by atoms with Gasteiger partial charge < -0.3 is 20.1 Å². The average Bonchev–Trinajstić information content (AvgIpc) is 3.11. The first-order chi connectivity index (χ1) is 16.1. The van der Waals surface area contributed by atoms with E-state index in [1.54, 1.807) is 11.6 Å². The molecule has 0 spiro atoms. The maximum Gasteiger partial charge on any atom is 0.417 e. The van der Waals surface area contributed by atoms with Crippen LogP contribution in [0, 0.1) is 0 Å². The lowest BCUT2D eigenvalue weighted by molar-refractivity contribution is -0.175. The second-order valence-electron chi connectivity index (χ2n) is 7.59. The minimum absolute atomic E-state index is 0.217. The fourth-order valence-electron chi connectivity index (χ4n) is 3.86. The first-order valence-electron chi connectivity index (χ1n) is 10.3. The Morgan fingerprint density at radius 3 is 2.15 bits per heavy atom. The molecule has 1 atom stereocenters. The van der Waals surface area contributed by atoms with Crippen molar-refractivity contribution < 1.29 is 37.4 Å². The van der Waals surface area contributed by atoms with Crippen LogP contribution in [-0.2, 0) is 14.3 Å². The number of carboxylic acids is 1. The largest absolute Gasteiger partial charge is 0.480 e. The molecule has 0 saturated carbocycles. The molecule has 2 aromatic rings. The number of rotatable bonds is 9. The predicted molar refractivity (Wildman–Crippen MR) is 121 cm³/mol. The number of ether oxygens (including phenoxy) is 1. The summed E-state index contributed by atoms with van der Waals surface area (Å²) in [6, 6.07) is 12.0. The molecule has 34 heavy (non-hydrogen) atoms. The molecule has 0 radical (unpaired) electrons. The first-order valence-corrected chi connectivity index (χ1v) is 11.7. The van der Waals surface area contributed by atoms with Crippen LogP contribution in [0.2, 0.25) is 0 Å². The molecule has 0 heterocycles. The van der Waals surface area contributed by atoms with Crippen molar-refractivity contribution in [2.75, 3.05) is 31.7 Å². The van der Waals surface area contributed by atoms with E-state index in [0.29, 0.717) is 4.90 Å². The van der Waals surface area contributed by atoms with E-state index in [9.17, 15) is 27.6 Å². The molecule has 7 nitrogen and oxygen atoms in total. The molecule has 0 saturated heterocycles. The SMILES string of the molecule is CSCCN(CC(=O)O)C(=O)C(NC(=O)OCC1c2ccccc2-c2ccccc21)C(F)(F)F. The number of benzene rings is 2. The van der Waals surface area contributed by atoms with E-state index in [1.807, 2.05) is 48.5 Å². The normalized spacial score (nSPS) is 13.5.